The molecule has 67 heavy (non-hydrogen) atoms. The van der Waals surface area contributed by atoms with Crippen LogP contribution in [0.25, 0.3) is 120 Å². The molecule has 0 amide bonds. The second-order valence-corrected chi connectivity index (χ2v) is 18.6. The van der Waals surface area contributed by atoms with Gasteiger partial charge in [0.2, 0.25) is 0 Å². The molecule has 15 rings (SSSR count). The van der Waals surface area contributed by atoms with Crippen molar-refractivity contribution in [2.75, 3.05) is 0 Å². The molecular weight excluding hydrogens is 805 g/mol. The Morgan fingerprint density at radius 3 is 1.33 bits per heavy atom. The van der Waals surface area contributed by atoms with E-state index < -0.39 is 5.41 Å². The summed E-state index contributed by atoms with van der Waals surface area (Å²) in [5.74, 6) is 0. The Morgan fingerprint density at radius 1 is 0.209 bits per heavy atom. The van der Waals surface area contributed by atoms with Crippen molar-refractivity contribution < 1.29 is 0 Å². The van der Waals surface area contributed by atoms with Crippen LogP contribution in [0.3, 0.4) is 0 Å². The van der Waals surface area contributed by atoms with Gasteiger partial charge in [0.1, 0.15) is 0 Å². The molecule has 0 atom stereocenters. The van der Waals surface area contributed by atoms with Gasteiger partial charge in [-0.25, -0.2) is 0 Å². The average Bonchev–Trinajstić information content (AvgIpc) is 3.88. The number of benzene rings is 13. The largest absolute Gasteiger partial charge is 0.0737 e. The third-order valence-electron chi connectivity index (χ3n) is 15.4. The highest BCUT2D eigenvalue weighted by Crippen LogP contribution is 2.66. The van der Waals surface area contributed by atoms with E-state index in [1.807, 2.05) is 0 Å². The van der Waals surface area contributed by atoms with Crippen molar-refractivity contribution in [2.45, 2.75) is 5.41 Å². The zero-order valence-corrected chi connectivity index (χ0v) is 36.6. The molecule has 2 aliphatic rings. The third kappa shape index (κ3) is 4.86. The lowest BCUT2D eigenvalue weighted by molar-refractivity contribution is 0.809. The van der Waals surface area contributed by atoms with E-state index in [4.69, 9.17) is 0 Å². The molecule has 2 aliphatic carbocycles. The lowest BCUT2D eigenvalue weighted by Gasteiger charge is -2.32. The Labute approximate surface area is 388 Å². The van der Waals surface area contributed by atoms with Gasteiger partial charge in [-0.3, -0.25) is 0 Å². The molecule has 0 aliphatic heterocycles. The maximum absolute atomic E-state index is 2.48. The molecule has 0 bridgehead atoms. The molecular formula is C67H40. The van der Waals surface area contributed by atoms with Gasteiger partial charge in [-0.05, 0) is 155 Å². The number of rotatable bonds is 3. The van der Waals surface area contributed by atoms with Crippen molar-refractivity contribution in [1.82, 2.24) is 0 Å². The van der Waals surface area contributed by atoms with Crippen molar-refractivity contribution in [3.8, 4) is 55.6 Å². The molecule has 1 spiro atoms. The van der Waals surface area contributed by atoms with Gasteiger partial charge in [0.25, 0.3) is 0 Å². The van der Waals surface area contributed by atoms with E-state index in [0.717, 1.165) is 0 Å². The fraction of sp³-hybridized carbons (Fsp3) is 0.0149. The van der Waals surface area contributed by atoms with E-state index in [1.165, 1.54) is 143 Å². The fourth-order valence-electron chi connectivity index (χ4n) is 12.9. The van der Waals surface area contributed by atoms with Crippen LogP contribution in [0.5, 0.6) is 0 Å². The van der Waals surface area contributed by atoms with Gasteiger partial charge in [0, 0.05) is 0 Å². The van der Waals surface area contributed by atoms with E-state index in [0.29, 0.717) is 0 Å². The van der Waals surface area contributed by atoms with E-state index in [9.17, 15) is 0 Å². The number of fused-ring (bicyclic) bond motifs is 20. The molecule has 0 nitrogen and oxygen atoms in total. The fourth-order valence-corrected chi connectivity index (χ4v) is 12.9. The standard InChI is InChI=1S/C67H40/c1-2-21-46-41(17-1)18-16-32-47(46)42-19-15-20-44(39-42)62-54-27-6-8-29-56(54)63(57-30-9-7-28-55(57)62)45-36-37-48-43(40-45)35-38-59-64-53-26-5-3-22-49(53)50-23-4-10-31-58(50)66(64)67(65(48)59)60-33-13-11-24-51(60)52-25-12-14-34-61(52)67/h1-40H. The molecule has 0 heteroatoms. The van der Waals surface area contributed by atoms with E-state index in [-0.39, 0.29) is 0 Å². The first kappa shape index (κ1) is 36.7. The van der Waals surface area contributed by atoms with Crippen molar-refractivity contribution in [1.29, 1.82) is 0 Å². The van der Waals surface area contributed by atoms with Crippen LogP contribution in [0.2, 0.25) is 0 Å². The molecule has 13 aromatic carbocycles. The Kier molecular flexibility index (Phi) is 7.52. The van der Waals surface area contributed by atoms with Gasteiger partial charge in [0.05, 0.1) is 5.41 Å². The Balaban J connectivity index is 0.999. The average molecular weight is 845 g/mol. The summed E-state index contributed by atoms with van der Waals surface area (Å²) < 4.78 is 0. The van der Waals surface area contributed by atoms with Gasteiger partial charge in [0.15, 0.2) is 0 Å². The van der Waals surface area contributed by atoms with Crippen molar-refractivity contribution in [2.24, 2.45) is 0 Å². The molecule has 308 valence electrons. The Morgan fingerprint density at radius 2 is 0.672 bits per heavy atom. The second-order valence-electron chi connectivity index (χ2n) is 18.6. The van der Waals surface area contributed by atoms with Gasteiger partial charge in [-0.2, -0.15) is 0 Å². The zero-order chi connectivity index (χ0) is 43.8. The van der Waals surface area contributed by atoms with Crippen LogP contribution in [-0.4, -0.2) is 0 Å². The quantitative estimate of drug-likeness (QED) is 0.123. The zero-order valence-electron chi connectivity index (χ0n) is 36.6. The highest BCUT2D eigenvalue weighted by molar-refractivity contribution is 6.24. The van der Waals surface area contributed by atoms with Gasteiger partial charge < -0.3 is 0 Å². The van der Waals surface area contributed by atoms with Gasteiger partial charge in [-0.15, -0.1) is 0 Å². The minimum Gasteiger partial charge on any atom is -0.0619 e. The van der Waals surface area contributed by atoms with Crippen LogP contribution in [0.15, 0.2) is 243 Å². The normalized spacial score (nSPS) is 13.2. The summed E-state index contributed by atoms with van der Waals surface area (Å²) >= 11 is 0. The van der Waals surface area contributed by atoms with Crippen LogP contribution in [0, 0.1) is 0 Å². The summed E-state index contributed by atoms with van der Waals surface area (Å²) in [7, 11) is 0. The van der Waals surface area contributed by atoms with Gasteiger partial charge >= 0.3 is 0 Å². The first-order chi connectivity index (χ1) is 33.3. The molecule has 0 saturated carbocycles. The molecule has 0 fully saturated rings. The SMILES string of the molecule is c1cc(-c2cccc3ccccc23)cc(-c2c3ccccc3c(-c3ccc4c5c(ccc4c3)-c3c(c4ccccc4c4ccccc34)C53c4ccccc4-c4ccccc43)c3ccccc23)c1. The molecule has 0 N–H and O–H groups in total. The van der Waals surface area contributed by atoms with E-state index in [2.05, 4.69) is 243 Å². The first-order valence-corrected chi connectivity index (χ1v) is 23.5. The molecule has 0 unspecified atom stereocenters. The predicted octanol–water partition coefficient (Wildman–Crippen LogP) is 18.0. The summed E-state index contributed by atoms with van der Waals surface area (Å²) in [6.07, 6.45) is 0. The minimum absolute atomic E-state index is 0.510. The lowest BCUT2D eigenvalue weighted by Crippen LogP contribution is -2.26. The van der Waals surface area contributed by atoms with Crippen LogP contribution in [-0.2, 0) is 5.41 Å². The summed E-state index contributed by atoms with van der Waals surface area (Å²) in [4.78, 5) is 0. The highest BCUT2D eigenvalue weighted by Gasteiger charge is 2.53. The van der Waals surface area contributed by atoms with Crippen LogP contribution >= 0.6 is 0 Å². The van der Waals surface area contributed by atoms with Crippen LogP contribution in [0.1, 0.15) is 22.3 Å². The van der Waals surface area contributed by atoms with Crippen LogP contribution in [0.4, 0.5) is 0 Å². The highest BCUT2D eigenvalue weighted by atomic mass is 14.5. The van der Waals surface area contributed by atoms with Crippen molar-refractivity contribution >= 4 is 64.6 Å². The molecule has 0 saturated heterocycles. The molecule has 0 aromatic heterocycles. The Hall–Kier alpha value is -8.58. The molecule has 0 heterocycles. The van der Waals surface area contributed by atoms with Crippen molar-refractivity contribution in [3.63, 3.8) is 0 Å². The monoisotopic (exact) mass is 844 g/mol. The van der Waals surface area contributed by atoms with Gasteiger partial charge in [-0.1, -0.05) is 231 Å². The topological polar surface area (TPSA) is 0 Å². The van der Waals surface area contributed by atoms with E-state index >= 15 is 0 Å². The summed E-state index contributed by atoms with van der Waals surface area (Å²) in [6, 6.07) is 91.4. The summed E-state index contributed by atoms with van der Waals surface area (Å²) in [5.41, 5.74) is 17.8. The smallest absolute Gasteiger partial charge is 0.0619 e. The maximum Gasteiger partial charge on any atom is 0.0737 e. The van der Waals surface area contributed by atoms with Crippen LogP contribution < -0.4 is 0 Å². The molecule has 0 radical (unpaired) electrons. The lowest BCUT2D eigenvalue weighted by atomic mass is 9.68. The first-order valence-electron chi connectivity index (χ1n) is 23.5. The predicted molar refractivity (Wildman–Crippen MR) is 284 cm³/mol. The van der Waals surface area contributed by atoms with E-state index in [1.54, 1.807) is 0 Å². The maximum atomic E-state index is 2.48. The molecule has 13 aromatic rings. The minimum atomic E-state index is -0.510. The Bertz CT molecular complexity index is 4170. The summed E-state index contributed by atoms with van der Waals surface area (Å²) in [5, 5.41) is 15.3. The second kappa shape index (κ2) is 13.7. The summed E-state index contributed by atoms with van der Waals surface area (Å²) in [6.45, 7) is 0. The third-order valence-corrected chi connectivity index (χ3v) is 15.4. The number of hydrogen-bond donors (Lipinski definition) is 0. The van der Waals surface area contributed by atoms with Crippen molar-refractivity contribution in [3.05, 3.63) is 265 Å². The number of hydrogen-bond acceptors (Lipinski definition) is 0.